The average Bonchev–Trinajstić information content (AvgIpc) is 0.959. The number of hydrogen-bond donors (Lipinski definition) is 13. The molecule has 1 aromatic rings. The van der Waals surface area contributed by atoms with Crippen molar-refractivity contribution in [1.82, 2.24) is 63.5 Å². The number of anilines is 1. The van der Waals surface area contributed by atoms with E-state index in [9.17, 15) is 67.1 Å². The van der Waals surface area contributed by atoms with Crippen molar-refractivity contribution >= 4 is 89.0 Å². The lowest BCUT2D eigenvalue weighted by Gasteiger charge is -2.31. The van der Waals surface area contributed by atoms with Gasteiger partial charge in [0.25, 0.3) is 0 Å². The number of nitrogens with zero attached hydrogens (tertiary/aromatic N) is 2. The van der Waals surface area contributed by atoms with E-state index in [4.69, 9.17) is 44.0 Å². The Balaban J connectivity index is 3.12. The minimum atomic E-state index is -1.69. The predicted octanol–water partition coefficient (Wildman–Crippen LogP) is 2.13. The Labute approximate surface area is 647 Å². The number of rotatable bonds is 55. The number of nitrogens with one attached hydrogen (secondary N) is 11. The molecule has 1 rings (SSSR count). The highest BCUT2D eigenvalue weighted by Crippen LogP contribution is 2.20. The average molecular weight is 1570 g/mol. The maximum absolute atomic E-state index is 14.3. The van der Waals surface area contributed by atoms with Crippen molar-refractivity contribution in [2.45, 2.75) is 247 Å². The molecule has 13 amide bonds. The van der Waals surface area contributed by atoms with Crippen molar-refractivity contribution in [3.8, 4) is 0 Å². The summed E-state index contributed by atoms with van der Waals surface area (Å²) in [6.07, 6.45) is 1.03. The summed E-state index contributed by atoms with van der Waals surface area (Å²) in [5, 5.41) is 37.3. The fourth-order valence-electron chi connectivity index (χ4n) is 10.2. The van der Waals surface area contributed by atoms with Crippen LogP contribution in [0.25, 0.3) is 0 Å². The molecular weight excluding hydrogens is 1440 g/mol. The number of carboxylic acids is 1. The Morgan fingerprint density at radius 1 is 0.500 bits per heavy atom. The van der Waals surface area contributed by atoms with E-state index in [1.54, 1.807) is 94.5 Å². The molecule has 0 aliphatic rings. The third kappa shape index (κ3) is 46.0. The van der Waals surface area contributed by atoms with Gasteiger partial charge in [-0.25, -0.2) is 14.6 Å². The number of carbonyl (C=O) groups excluding carboxylic acids is 13. The molecule has 0 aliphatic heterocycles. The number of aliphatic carboxylic acids is 1. The standard InChI is InChI=1S/C74H128N14O22/c1-18-51(82-62(94)50(9)80-65(97)54(41-47(4)5)85-67(99)56(44-61(93)109-72(10,11)12)81-59(90)45-79-58(89)23-19-20-29-88(71(103)110-73(13,14)15)57-43-49(8)24-27-76-57)64(96)84-55(42-48(6)7)66(98)83-52(22-21-26-78-70(75)102)68(100)87-74(16,17)69(101)86-53(40-46(2)3)63(95)77-28-31-105-33-35-107-37-39-108-38-36-106-34-32-104-30-25-60(91)92/h24,27,43,46-48,50-56H,18-23,25-26,28-42,44-45H2,1-17H3,(H,77,95)(H,79,89)(H,80,97)(H,81,90)(H,82,94)(H,83,98)(H,84,96)(H,85,99)(H,86,101)(H,87,100)(H,91,92)(H3,75,78,102)/t50-,51-,52-,53-,54-,55-,56-/m0/s1. The molecular formula is C74H128N14O22. The molecule has 1 heterocycles. The number of amides is 13. The lowest BCUT2D eigenvalue weighted by molar-refractivity contribution is -0.156. The monoisotopic (exact) mass is 1560 g/mol. The Kier molecular flexibility index (Phi) is 47.2. The van der Waals surface area contributed by atoms with Crippen molar-refractivity contribution in [1.29, 1.82) is 0 Å². The highest BCUT2D eigenvalue weighted by molar-refractivity contribution is 5.99. The molecule has 36 heteroatoms. The number of unbranched alkanes of at least 4 members (excludes halogenated alkanes) is 1. The number of nitrogens with two attached hydrogens (primary N) is 1. The smallest absolute Gasteiger partial charge is 0.416 e. The van der Waals surface area contributed by atoms with Crippen molar-refractivity contribution in [3.63, 3.8) is 0 Å². The number of primary amides is 1. The first-order valence-corrected chi connectivity index (χ1v) is 37.7. The summed E-state index contributed by atoms with van der Waals surface area (Å²) in [6.45, 7) is 30.6. The van der Waals surface area contributed by atoms with Crippen molar-refractivity contribution in [2.75, 3.05) is 97.1 Å². The summed E-state index contributed by atoms with van der Waals surface area (Å²) in [7, 11) is 0. The number of esters is 1. The van der Waals surface area contributed by atoms with E-state index in [0.717, 1.165) is 5.56 Å². The first-order valence-electron chi connectivity index (χ1n) is 37.7. The normalized spacial score (nSPS) is 13.5. The Bertz CT molecular complexity index is 3090. The van der Waals surface area contributed by atoms with Crippen molar-refractivity contribution < 1.29 is 105 Å². The zero-order valence-electron chi connectivity index (χ0n) is 67.7. The van der Waals surface area contributed by atoms with E-state index in [1.807, 2.05) is 20.8 Å². The van der Waals surface area contributed by atoms with Gasteiger partial charge in [-0.3, -0.25) is 62.4 Å². The number of pyridine rings is 1. The number of carboxylic acid groups (broad SMARTS) is 1. The maximum atomic E-state index is 14.3. The molecule has 0 aliphatic carbocycles. The minimum absolute atomic E-state index is 0.001000. The van der Waals surface area contributed by atoms with Gasteiger partial charge in [0, 0.05) is 32.3 Å². The zero-order chi connectivity index (χ0) is 83.3. The number of aryl methyl sites for hydroxylation is 1. The van der Waals surface area contributed by atoms with Crippen LogP contribution in [0.1, 0.15) is 187 Å². The van der Waals surface area contributed by atoms with Gasteiger partial charge in [0.15, 0.2) is 0 Å². The quantitative estimate of drug-likeness (QED) is 0.0328. The second-order valence-electron chi connectivity index (χ2n) is 30.3. The zero-order valence-corrected chi connectivity index (χ0v) is 67.7. The van der Waals surface area contributed by atoms with Crippen LogP contribution in [-0.4, -0.2) is 245 Å². The molecule has 0 saturated heterocycles. The topological polar surface area (TPSA) is 498 Å². The summed E-state index contributed by atoms with van der Waals surface area (Å²) in [6, 6.07) is -6.67. The van der Waals surface area contributed by atoms with Crippen LogP contribution < -0.4 is 69.1 Å². The van der Waals surface area contributed by atoms with Gasteiger partial charge in [0.2, 0.25) is 59.1 Å². The van der Waals surface area contributed by atoms with E-state index >= 15 is 0 Å². The number of hydrogen-bond acceptors (Lipinski definition) is 22. The van der Waals surface area contributed by atoms with Gasteiger partial charge in [-0.2, -0.15) is 0 Å². The molecule has 36 nitrogen and oxygen atoms in total. The van der Waals surface area contributed by atoms with E-state index < -0.39 is 155 Å². The van der Waals surface area contributed by atoms with E-state index in [-0.39, 0.29) is 122 Å². The van der Waals surface area contributed by atoms with E-state index in [1.165, 1.54) is 25.7 Å². The third-order valence-corrected chi connectivity index (χ3v) is 15.6. The molecule has 0 spiro atoms. The highest BCUT2D eigenvalue weighted by Gasteiger charge is 2.38. The molecule has 14 N–H and O–H groups in total. The molecule has 626 valence electrons. The highest BCUT2D eigenvalue weighted by atomic mass is 16.6. The fourth-order valence-corrected chi connectivity index (χ4v) is 10.2. The van der Waals surface area contributed by atoms with Gasteiger partial charge in [0.05, 0.1) is 85.5 Å². The van der Waals surface area contributed by atoms with Crippen LogP contribution in [0.15, 0.2) is 18.3 Å². The first kappa shape index (κ1) is 99.1. The molecule has 7 atom stereocenters. The van der Waals surface area contributed by atoms with Gasteiger partial charge in [-0.15, -0.1) is 0 Å². The Morgan fingerprint density at radius 2 is 0.982 bits per heavy atom. The van der Waals surface area contributed by atoms with Crippen LogP contribution in [0.5, 0.6) is 0 Å². The van der Waals surface area contributed by atoms with Crippen LogP contribution in [0, 0.1) is 24.7 Å². The number of urea groups is 1. The molecule has 0 bridgehead atoms. The second-order valence-corrected chi connectivity index (χ2v) is 30.3. The lowest BCUT2D eigenvalue weighted by Crippen LogP contribution is -2.63. The van der Waals surface area contributed by atoms with Crippen LogP contribution in [0.4, 0.5) is 15.4 Å². The van der Waals surface area contributed by atoms with Crippen LogP contribution in [0.2, 0.25) is 0 Å². The largest absolute Gasteiger partial charge is 0.481 e. The second kappa shape index (κ2) is 52.3. The Morgan fingerprint density at radius 3 is 1.48 bits per heavy atom. The summed E-state index contributed by atoms with van der Waals surface area (Å²) in [5.41, 5.74) is 2.68. The molecule has 0 fully saturated rings. The molecule has 0 radical (unpaired) electrons. The van der Waals surface area contributed by atoms with Gasteiger partial charge in [-0.05, 0) is 156 Å². The van der Waals surface area contributed by atoms with Gasteiger partial charge in [-0.1, -0.05) is 48.5 Å². The molecule has 1 aromatic heterocycles. The lowest BCUT2D eigenvalue weighted by atomic mass is 9.98. The van der Waals surface area contributed by atoms with Crippen LogP contribution >= 0.6 is 0 Å². The number of carbonyl (C=O) groups is 14. The van der Waals surface area contributed by atoms with Crippen LogP contribution in [-0.2, 0) is 90.7 Å². The third-order valence-electron chi connectivity index (χ3n) is 15.6. The van der Waals surface area contributed by atoms with Crippen molar-refractivity contribution in [3.05, 3.63) is 23.9 Å². The van der Waals surface area contributed by atoms with Gasteiger partial charge in [0.1, 0.15) is 64.9 Å². The summed E-state index contributed by atoms with van der Waals surface area (Å²) >= 11 is 0. The van der Waals surface area contributed by atoms with Crippen molar-refractivity contribution in [2.24, 2.45) is 23.5 Å². The fraction of sp³-hybridized carbons (Fsp3) is 0.743. The number of aromatic nitrogens is 1. The molecule has 0 aromatic carbocycles. The summed E-state index contributed by atoms with van der Waals surface area (Å²) in [4.78, 5) is 193. The van der Waals surface area contributed by atoms with E-state index in [0.29, 0.717) is 51.7 Å². The predicted molar refractivity (Wildman–Crippen MR) is 406 cm³/mol. The first-order chi connectivity index (χ1) is 51.4. The Hall–Kier alpha value is -8.87. The number of ether oxygens (including phenoxy) is 7. The van der Waals surface area contributed by atoms with Crippen LogP contribution in [0.3, 0.4) is 0 Å². The van der Waals surface area contributed by atoms with E-state index in [2.05, 4.69) is 63.5 Å². The molecule has 0 saturated carbocycles. The maximum Gasteiger partial charge on any atom is 0.416 e. The van der Waals surface area contributed by atoms with Gasteiger partial charge >= 0.3 is 24.1 Å². The summed E-state index contributed by atoms with van der Waals surface area (Å²) in [5.74, 6) is -9.73. The van der Waals surface area contributed by atoms with Gasteiger partial charge < -0.3 is 102 Å². The SMILES string of the molecule is CC[C@H](NC(=O)[C@H](C)NC(=O)[C@H](CC(C)C)NC(=O)[C@H](CC(=O)OC(C)(C)C)NC(=O)CNC(=O)CCCCN(C(=O)OC(C)(C)C)c1cc(C)ccn1)C(=O)N[C@@H](CC(C)C)C(=O)N[C@@H](CCCNC(N)=O)C(=O)NC(C)(C)C(=O)N[C@@H](CC(C)C)C(=O)NCCOCCOCCOCCOCCOCCC(=O)O. The molecule has 0 unspecified atom stereocenters. The molecule has 110 heavy (non-hydrogen) atoms. The summed E-state index contributed by atoms with van der Waals surface area (Å²) < 4.78 is 38.1. The minimum Gasteiger partial charge on any atom is -0.481 e.